The van der Waals surface area contributed by atoms with Crippen LogP contribution in [0.5, 0.6) is 0 Å². The van der Waals surface area contributed by atoms with E-state index in [2.05, 4.69) is 0 Å². The molecule has 0 unspecified atom stereocenters. The van der Waals surface area contributed by atoms with Gasteiger partial charge in [0, 0.05) is 26.1 Å². The molecular formula is C29H26F3N3O4. The molecule has 3 amide bonds. The molecule has 3 aromatic carbocycles. The highest BCUT2D eigenvalue weighted by Crippen LogP contribution is 2.40. The highest BCUT2D eigenvalue weighted by atomic mass is 19.1. The van der Waals surface area contributed by atoms with E-state index in [4.69, 9.17) is 0 Å². The van der Waals surface area contributed by atoms with Crippen molar-refractivity contribution in [1.82, 2.24) is 4.90 Å². The Morgan fingerprint density at radius 2 is 1.59 bits per heavy atom. The monoisotopic (exact) mass is 537 g/mol. The minimum absolute atomic E-state index is 0.0159. The molecule has 0 spiro atoms. The van der Waals surface area contributed by atoms with Crippen LogP contribution in [-0.4, -0.2) is 47.5 Å². The highest BCUT2D eigenvalue weighted by molar-refractivity contribution is 6.02. The van der Waals surface area contributed by atoms with Gasteiger partial charge in [-0.25, -0.2) is 18.0 Å². The molecule has 0 atom stereocenters. The number of amides is 3. The number of likely N-dealkylation sites (tertiary alicyclic amines) is 1. The Labute approximate surface area is 223 Å². The van der Waals surface area contributed by atoms with Crippen LogP contribution < -0.4 is 9.80 Å². The fourth-order valence-electron chi connectivity index (χ4n) is 5.35. The lowest BCUT2D eigenvalue weighted by molar-refractivity contribution is -0.154. The van der Waals surface area contributed by atoms with Gasteiger partial charge in [0.2, 0.25) is 5.91 Å². The summed E-state index contributed by atoms with van der Waals surface area (Å²) in [4.78, 5) is 43.4. The molecule has 202 valence electrons. The predicted molar refractivity (Wildman–Crippen MR) is 138 cm³/mol. The molecule has 2 heterocycles. The summed E-state index contributed by atoms with van der Waals surface area (Å²) >= 11 is 0. The molecule has 10 heteroatoms. The zero-order valence-corrected chi connectivity index (χ0v) is 20.9. The van der Waals surface area contributed by atoms with Gasteiger partial charge < -0.3 is 10.0 Å². The fourth-order valence-corrected chi connectivity index (χ4v) is 5.35. The first-order chi connectivity index (χ1) is 18.7. The number of para-hydroxylation sites is 1. The Bertz CT molecular complexity index is 1440. The van der Waals surface area contributed by atoms with Gasteiger partial charge in [0.05, 0.1) is 22.5 Å². The third kappa shape index (κ3) is 5.06. The zero-order valence-electron chi connectivity index (χ0n) is 20.9. The number of rotatable bonds is 5. The van der Waals surface area contributed by atoms with Crippen molar-refractivity contribution >= 4 is 35.0 Å². The molecule has 1 fully saturated rings. The number of carbonyl (C=O) groups is 3. The van der Waals surface area contributed by atoms with Gasteiger partial charge in [-0.15, -0.1) is 0 Å². The largest absolute Gasteiger partial charge is 0.481 e. The van der Waals surface area contributed by atoms with Crippen molar-refractivity contribution in [3.63, 3.8) is 0 Å². The van der Waals surface area contributed by atoms with Crippen molar-refractivity contribution in [3.8, 4) is 0 Å². The van der Waals surface area contributed by atoms with Gasteiger partial charge in [0.15, 0.2) is 0 Å². The number of benzene rings is 3. The van der Waals surface area contributed by atoms with Crippen molar-refractivity contribution in [2.75, 3.05) is 29.4 Å². The van der Waals surface area contributed by atoms with Crippen molar-refractivity contribution in [2.24, 2.45) is 5.41 Å². The summed E-state index contributed by atoms with van der Waals surface area (Å²) in [5.41, 5.74) is -0.210. The fraction of sp³-hybridized carbons (Fsp3) is 0.276. The summed E-state index contributed by atoms with van der Waals surface area (Å²) in [5.74, 6) is -3.72. The van der Waals surface area contributed by atoms with Crippen LogP contribution in [0.3, 0.4) is 0 Å². The van der Waals surface area contributed by atoms with Gasteiger partial charge in [-0.2, -0.15) is 0 Å². The molecule has 0 aromatic heterocycles. The van der Waals surface area contributed by atoms with Crippen LogP contribution in [-0.2, 0) is 16.0 Å². The molecule has 7 nitrogen and oxygen atoms in total. The number of carboxylic acid groups (broad SMARTS) is 1. The summed E-state index contributed by atoms with van der Waals surface area (Å²) in [6, 6.07) is 14.5. The average Bonchev–Trinajstić information content (AvgIpc) is 3.33. The Kier molecular flexibility index (Phi) is 7.03. The second kappa shape index (κ2) is 10.4. The number of carboxylic acids is 1. The number of hydrogen-bond donors (Lipinski definition) is 1. The molecule has 5 rings (SSSR count). The maximum atomic E-state index is 14.8. The molecule has 2 aliphatic heterocycles. The first-order valence-electron chi connectivity index (χ1n) is 12.6. The quantitative estimate of drug-likeness (QED) is 0.466. The molecule has 39 heavy (non-hydrogen) atoms. The Morgan fingerprint density at radius 1 is 0.872 bits per heavy atom. The van der Waals surface area contributed by atoms with Crippen molar-refractivity contribution in [2.45, 2.75) is 25.7 Å². The normalized spacial score (nSPS) is 16.1. The SMILES string of the molecule is O=C(N1CCC(CC(=O)N(c2cccc(F)c2)c2ccccc2F)(C(=O)O)CC1)N1CCc2ccc(F)cc21. The van der Waals surface area contributed by atoms with Gasteiger partial charge in [0.1, 0.15) is 17.5 Å². The topological polar surface area (TPSA) is 81.2 Å². The maximum absolute atomic E-state index is 14.8. The minimum atomic E-state index is -1.51. The van der Waals surface area contributed by atoms with Crippen LogP contribution in [0.25, 0.3) is 0 Å². The van der Waals surface area contributed by atoms with Crippen LogP contribution >= 0.6 is 0 Å². The molecule has 1 N–H and O–H groups in total. The summed E-state index contributed by atoms with van der Waals surface area (Å²) in [6.45, 7) is 0.528. The Balaban J connectivity index is 1.36. The molecule has 0 radical (unpaired) electrons. The summed E-state index contributed by atoms with van der Waals surface area (Å²) in [5, 5.41) is 10.2. The van der Waals surface area contributed by atoms with E-state index in [-0.39, 0.29) is 43.3 Å². The van der Waals surface area contributed by atoms with E-state index in [1.54, 1.807) is 6.07 Å². The first-order valence-corrected chi connectivity index (χ1v) is 12.6. The van der Waals surface area contributed by atoms with Crippen molar-refractivity contribution in [3.05, 3.63) is 89.7 Å². The van der Waals surface area contributed by atoms with E-state index in [9.17, 15) is 32.7 Å². The van der Waals surface area contributed by atoms with E-state index in [1.165, 1.54) is 58.3 Å². The van der Waals surface area contributed by atoms with E-state index in [0.717, 1.165) is 22.6 Å². The van der Waals surface area contributed by atoms with Crippen LogP contribution in [0.2, 0.25) is 0 Å². The lowest BCUT2D eigenvalue weighted by Crippen LogP contribution is -2.51. The third-order valence-corrected chi connectivity index (χ3v) is 7.52. The van der Waals surface area contributed by atoms with E-state index < -0.39 is 41.2 Å². The molecule has 0 bridgehead atoms. The number of piperidine rings is 1. The van der Waals surface area contributed by atoms with Gasteiger partial charge in [-0.1, -0.05) is 24.3 Å². The second-order valence-electron chi connectivity index (χ2n) is 9.87. The van der Waals surface area contributed by atoms with Gasteiger partial charge >= 0.3 is 12.0 Å². The van der Waals surface area contributed by atoms with Crippen LogP contribution in [0, 0.1) is 22.9 Å². The van der Waals surface area contributed by atoms with Crippen LogP contribution in [0.1, 0.15) is 24.8 Å². The third-order valence-electron chi connectivity index (χ3n) is 7.52. The number of hydrogen-bond acceptors (Lipinski definition) is 3. The second-order valence-corrected chi connectivity index (χ2v) is 9.87. The number of anilines is 3. The van der Waals surface area contributed by atoms with E-state index in [1.807, 2.05) is 0 Å². The van der Waals surface area contributed by atoms with E-state index >= 15 is 0 Å². The Hall–Kier alpha value is -4.34. The first kappa shape index (κ1) is 26.3. The van der Waals surface area contributed by atoms with Crippen molar-refractivity contribution in [1.29, 1.82) is 0 Å². The zero-order chi connectivity index (χ0) is 27.7. The van der Waals surface area contributed by atoms with Gasteiger partial charge in [-0.3, -0.25) is 19.4 Å². The van der Waals surface area contributed by atoms with Gasteiger partial charge in [-0.05, 0) is 67.3 Å². The number of aliphatic carboxylic acids is 1. The highest BCUT2D eigenvalue weighted by Gasteiger charge is 2.46. The number of urea groups is 1. The summed E-state index contributed by atoms with van der Waals surface area (Å²) < 4.78 is 42.6. The van der Waals surface area contributed by atoms with Gasteiger partial charge in [0.25, 0.3) is 0 Å². The molecule has 0 saturated carbocycles. The number of fused-ring (bicyclic) bond motifs is 1. The molecule has 2 aliphatic rings. The summed E-state index contributed by atoms with van der Waals surface area (Å²) in [6.07, 6.45) is 0.0809. The minimum Gasteiger partial charge on any atom is -0.481 e. The molecule has 1 saturated heterocycles. The number of nitrogens with zero attached hydrogens (tertiary/aromatic N) is 3. The molecule has 0 aliphatic carbocycles. The Morgan fingerprint density at radius 3 is 2.28 bits per heavy atom. The predicted octanol–water partition coefficient (Wildman–Crippen LogP) is 5.51. The number of carbonyl (C=O) groups excluding carboxylic acids is 2. The smallest absolute Gasteiger partial charge is 0.324 e. The average molecular weight is 538 g/mol. The number of halogens is 3. The lowest BCUT2D eigenvalue weighted by Gasteiger charge is -2.40. The van der Waals surface area contributed by atoms with E-state index in [0.29, 0.717) is 18.7 Å². The van der Waals surface area contributed by atoms with Crippen LogP contribution in [0.15, 0.2) is 66.7 Å². The molecular weight excluding hydrogens is 511 g/mol. The standard InChI is InChI=1S/C29H26F3N3O4/c30-20-4-3-5-22(16-20)35(24-7-2-1-6-23(24)32)26(36)18-29(27(37)38)11-14-33(15-12-29)28(39)34-13-10-19-8-9-21(31)17-25(19)34/h1-9,16-17H,10-15,18H2,(H,37,38). The lowest BCUT2D eigenvalue weighted by atomic mass is 9.75. The van der Waals surface area contributed by atoms with Crippen molar-refractivity contribution < 1.29 is 32.7 Å². The maximum Gasteiger partial charge on any atom is 0.324 e. The van der Waals surface area contributed by atoms with Crippen LogP contribution in [0.4, 0.5) is 35.0 Å². The summed E-state index contributed by atoms with van der Waals surface area (Å²) in [7, 11) is 0. The molecule has 3 aromatic rings.